The van der Waals surface area contributed by atoms with Crippen molar-refractivity contribution in [1.82, 2.24) is 0 Å². The number of carboxylic acids is 1. The number of hydrogen-bond acceptors (Lipinski definition) is 4. The van der Waals surface area contributed by atoms with Gasteiger partial charge in [-0.2, -0.15) is 0 Å². The minimum absolute atomic E-state index is 0.0876. The van der Waals surface area contributed by atoms with Crippen molar-refractivity contribution in [1.29, 1.82) is 0 Å². The highest BCUT2D eigenvalue weighted by Gasteiger charge is 2.29. The lowest BCUT2D eigenvalue weighted by atomic mass is 9.98. The molecule has 0 heterocycles. The Morgan fingerprint density at radius 2 is 1.59 bits per heavy atom. The third-order valence-electron chi connectivity index (χ3n) is 4.87. The maximum atomic E-state index is 12.4. The highest BCUT2D eigenvalue weighted by Crippen LogP contribution is 2.44. The van der Waals surface area contributed by atoms with Crippen LogP contribution in [-0.4, -0.2) is 28.9 Å². The molecule has 0 bridgehead atoms. The molecular weight excluding hydrogens is 438 g/mol. The summed E-state index contributed by atoms with van der Waals surface area (Å²) in [5, 5.41) is 21.4. The Labute approximate surface area is 174 Å². The van der Waals surface area contributed by atoms with E-state index >= 15 is 0 Å². The molecule has 0 atom stereocenters. The number of ether oxygens (including phenoxy) is 1. The summed E-state index contributed by atoms with van der Waals surface area (Å²) in [5.41, 5.74) is 4.37. The molecule has 3 aromatic rings. The molecule has 3 aromatic carbocycles. The minimum atomic E-state index is -1.23. The molecule has 0 saturated carbocycles. The summed E-state index contributed by atoms with van der Waals surface area (Å²) in [7, 11) is 0. The first-order valence-electron chi connectivity index (χ1n) is 8.83. The van der Waals surface area contributed by atoms with E-state index in [1.807, 2.05) is 48.5 Å². The van der Waals surface area contributed by atoms with Gasteiger partial charge in [0.2, 0.25) is 0 Å². The van der Waals surface area contributed by atoms with Crippen molar-refractivity contribution in [3.63, 3.8) is 0 Å². The van der Waals surface area contributed by atoms with E-state index in [1.165, 1.54) is 6.07 Å². The van der Waals surface area contributed by atoms with Gasteiger partial charge in [0.05, 0.1) is 15.7 Å². The molecule has 0 radical (unpaired) electrons. The van der Waals surface area contributed by atoms with Crippen LogP contribution in [-0.2, 0) is 4.74 Å². The van der Waals surface area contributed by atoms with Gasteiger partial charge in [0, 0.05) is 12.0 Å². The molecule has 29 heavy (non-hydrogen) atoms. The topological polar surface area (TPSA) is 95.9 Å². The first-order chi connectivity index (χ1) is 14.0. The number of amides is 1. The van der Waals surface area contributed by atoms with E-state index in [1.54, 1.807) is 0 Å². The van der Waals surface area contributed by atoms with Crippen LogP contribution in [0.2, 0.25) is 0 Å². The van der Waals surface area contributed by atoms with Gasteiger partial charge in [0.25, 0.3) is 0 Å². The third-order valence-corrected chi connectivity index (χ3v) is 5.72. The number of rotatable bonds is 4. The number of carbonyl (C=O) groups is 2. The average Bonchev–Trinajstić information content (AvgIpc) is 3.02. The molecule has 0 aromatic heterocycles. The van der Waals surface area contributed by atoms with Crippen molar-refractivity contribution in [3.05, 3.63) is 81.8 Å². The molecule has 0 unspecified atom stereocenters. The van der Waals surface area contributed by atoms with Crippen LogP contribution in [0.3, 0.4) is 0 Å². The predicted octanol–water partition coefficient (Wildman–Crippen LogP) is 5.21. The van der Waals surface area contributed by atoms with Gasteiger partial charge < -0.3 is 14.9 Å². The number of phenolic OH excluding ortho intramolecular Hbond substituents is 1. The Balaban J connectivity index is 1.52. The molecule has 0 saturated heterocycles. The van der Waals surface area contributed by atoms with Gasteiger partial charge in [0.1, 0.15) is 12.4 Å². The van der Waals surface area contributed by atoms with E-state index in [0.29, 0.717) is 0 Å². The number of hydrogen-bond donors (Lipinski definition) is 3. The Morgan fingerprint density at radius 1 is 1.00 bits per heavy atom. The SMILES string of the molecule is O=C(Nc1cc(O)cc(C(=O)O)c1Br)OCC1c2ccccc2-c2ccccc21. The van der Waals surface area contributed by atoms with Gasteiger partial charge in [-0.25, -0.2) is 9.59 Å². The molecule has 0 fully saturated rings. The van der Waals surface area contributed by atoms with Crippen LogP contribution < -0.4 is 5.32 Å². The van der Waals surface area contributed by atoms with Gasteiger partial charge in [-0.3, -0.25) is 5.32 Å². The monoisotopic (exact) mass is 453 g/mol. The van der Waals surface area contributed by atoms with Crippen LogP contribution in [0.4, 0.5) is 10.5 Å². The summed E-state index contributed by atoms with van der Waals surface area (Å²) < 4.78 is 5.59. The molecule has 3 N–H and O–H groups in total. The first-order valence-corrected chi connectivity index (χ1v) is 9.63. The second-order valence-corrected chi connectivity index (χ2v) is 7.40. The fourth-order valence-electron chi connectivity index (χ4n) is 3.60. The molecule has 6 nitrogen and oxygen atoms in total. The molecular formula is C22H16BrNO5. The van der Waals surface area contributed by atoms with Crippen LogP contribution in [0.25, 0.3) is 11.1 Å². The zero-order chi connectivity index (χ0) is 20.5. The number of nitrogens with one attached hydrogen (secondary N) is 1. The number of phenols is 1. The van der Waals surface area contributed by atoms with Crippen molar-refractivity contribution in [2.45, 2.75) is 5.92 Å². The van der Waals surface area contributed by atoms with Crippen molar-refractivity contribution in [2.24, 2.45) is 0 Å². The Kier molecular flexibility index (Phi) is 4.98. The number of aromatic hydroxyl groups is 1. The summed E-state index contributed by atoms with van der Waals surface area (Å²) in [6.07, 6.45) is -0.741. The lowest BCUT2D eigenvalue weighted by Gasteiger charge is -2.15. The van der Waals surface area contributed by atoms with E-state index < -0.39 is 12.1 Å². The molecule has 4 rings (SSSR count). The van der Waals surface area contributed by atoms with E-state index in [4.69, 9.17) is 4.74 Å². The zero-order valence-electron chi connectivity index (χ0n) is 15.1. The van der Waals surface area contributed by atoms with Crippen molar-refractivity contribution >= 4 is 33.7 Å². The lowest BCUT2D eigenvalue weighted by molar-refractivity contribution is 0.0695. The van der Waals surface area contributed by atoms with E-state index in [0.717, 1.165) is 28.3 Å². The minimum Gasteiger partial charge on any atom is -0.508 e. The molecule has 0 aliphatic heterocycles. The number of carboxylic acid groups (broad SMARTS) is 1. The number of aromatic carboxylic acids is 1. The van der Waals surface area contributed by atoms with Gasteiger partial charge in [-0.05, 0) is 44.3 Å². The number of carbonyl (C=O) groups excluding carboxylic acids is 1. The predicted molar refractivity (Wildman–Crippen MR) is 111 cm³/mol. The van der Waals surface area contributed by atoms with Crippen LogP contribution in [0, 0.1) is 0 Å². The zero-order valence-corrected chi connectivity index (χ0v) is 16.6. The largest absolute Gasteiger partial charge is 0.508 e. The summed E-state index contributed by atoms with van der Waals surface area (Å²) in [6.45, 7) is 0.127. The molecule has 146 valence electrons. The van der Waals surface area contributed by atoms with Gasteiger partial charge in [-0.15, -0.1) is 0 Å². The fourth-order valence-corrected chi connectivity index (χ4v) is 4.10. The molecule has 7 heteroatoms. The second-order valence-electron chi connectivity index (χ2n) is 6.61. The highest BCUT2D eigenvalue weighted by molar-refractivity contribution is 9.10. The summed E-state index contributed by atoms with van der Waals surface area (Å²) in [5.74, 6) is -1.60. The molecule has 1 aliphatic rings. The van der Waals surface area contributed by atoms with E-state index in [9.17, 15) is 19.8 Å². The van der Waals surface area contributed by atoms with Crippen LogP contribution in [0.15, 0.2) is 65.1 Å². The summed E-state index contributed by atoms with van der Waals surface area (Å²) in [4.78, 5) is 23.6. The van der Waals surface area contributed by atoms with Gasteiger partial charge in [0.15, 0.2) is 0 Å². The average molecular weight is 454 g/mol. The first kappa shape index (κ1) is 19.0. The van der Waals surface area contributed by atoms with Gasteiger partial charge in [-0.1, -0.05) is 48.5 Å². The van der Waals surface area contributed by atoms with Crippen molar-refractivity contribution in [2.75, 3.05) is 11.9 Å². The van der Waals surface area contributed by atoms with Crippen LogP contribution in [0.5, 0.6) is 5.75 Å². The number of halogens is 1. The standard InChI is InChI=1S/C22H16BrNO5/c23-20-17(21(26)27)9-12(25)10-19(20)24-22(28)29-11-18-15-7-3-1-5-13(15)14-6-2-4-8-16(14)18/h1-10,18,25H,11H2,(H,24,28)(H,26,27). The van der Waals surface area contributed by atoms with Crippen LogP contribution in [0.1, 0.15) is 27.4 Å². The number of anilines is 1. The summed E-state index contributed by atoms with van der Waals surface area (Å²) in [6, 6.07) is 18.3. The second kappa shape index (κ2) is 7.60. The van der Waals surface area contributed by atoms with Crippen molar-refractivity contribution in [3.8, 4) is 16.9 Å². The number of benzene rings is 3. The maximum absolute atomic E-state index is 12.4. The van der Waals surface area contributed by atoms with E-state index in [2.05, 4.69) is 21.2 Å². The molecule has 1 aliphatic carbocycles. The number of fused-ring (bicyclic) bond motifs is 3. The highest BCUT2D eigenvalue weighted by atomic mass is 79.9. The normalized spacial score (nSPS) is 12.2. The Morgan fingerprint density at radius 3 is 2.17 bits per heavy atom. The third kappa shape index (κ3) is 3.56. The Hall–Kier alpha value is -3.32. The molecule has 0 spiro atoms. The van der Waals surface area contributed by atoms with Gasteiger partial charge >= 0.3 is 12.1 Å². The Bertz CT molecular complexity index is 1080. The quantitative estimate of drug-likeness (QED) is 0.503. The van der Waals surface area contributed by atoms with Crippen LogP contribution >= 0.6 is 15.9 Å². The van der Waals surface area contributed by atoms with E-state index in [-0.39, 0.29) is 34.0 Å². The maximum Gasteiger partial charge on any atom is 0.411 e. The fraction of sp³-hybridized carbons (Fsp3) is 0.0909. The summed E-state index contributed by atoms with van der Waals surface area (Å²) >= 11 is 3.14. The lowest BCUT2D eigenvalue weighted by Crippen LogP contribution is -2.18. The molecule has 1 amide bonds. The smallest absolute Gasteiger partial charge is 0.411 e. The van der Waals surface area contributed by atoms with Crippen molar-refractivity contribution < 1.29 is 24.5 Å².